The van der Waals surface area contributed by atoms with Crippen molar-refractivity contribution in [3.05, 3.63) is 34.6 Å². The van der Waals surface area contributed by atoms with Crippen LogP contribution < -0.4 is 4.74 Å². The van der Waals surface area contributed by atoms with E-state index >= 15 is 0 Å². The van der Waals surface area contributed by atoms with Gasteiger partial charge in [0.05, 0.1) is 13.7 Å². The van der Waals surface area contributed by atoms with Gasteiger partial charge in [0, 0.05) is 60.8 Å². The minimum Gasteiger partial charge on any atom is -0.496 e. The van der Waals surface area contributed by atoms with Crippen LogP contribution in [0.15, 0.2) is 16.6 Å². The Labute approximate surface area is 188 Å². The molecule has 1 aromatic heterocycles. The zero-order valence-electron chi connectivity index (χ0n) is 19.5. The number of ether oxygens (including phenoxy) is 2. The van der Waals surface area contributed by atoms with E-state index in [4.69, 9.17) is 13.9 Å². The van der Waals surface area contributed by atoms with Crippen LogP contribution in [0.25, 0.3) is 16.5 Å². The predicted molar refractivity (Wildman–Crippen MR) is 123 cm³/mol. The van der Waals surface area contributed by atoms with Crippen LogP contribution >= 0.6 is 0 Å². The smallest absolute Gasteiger partial charge is 0.409 e. The lowest BCUT2D eigenvalue weighted by molar-refractivity contribution is -0.127. The Morgan fingerprint density at radius 3 is 2.50 bits per heavy atom. The molecule has 2 aliphatic rings. The highest BCUT2D eigenvalue weighted by molar-refractivity contribution is 5.98. The molecule has 7 nitrogen and oxygen atoms in total. The number of fused-ring (bicyclic) bond motifs is 3. The Hall–Kier alpha value is -2.96. The fraction of sp³-hybridized carbons (Fsp3) is 0.520. The molecule has 1 aliphatic carbocycles. The molecule has 172 valence electrons. The van der Waals surface area contributed by atoms with E-state index in [0.717, 1.165) is 58.4 Å². The monoisotopic (exact) mass is 440 g/mol. The van der Waals surface area contributed by atoms with E-state index in [0.29, 0.717) is 32.8 Å². The lowest BCUT2D eigenvalue weighted by Gasteiger charge is -2.33. The molecule has 1 saturated heterocycles. The van der Waals surface area contributed by atoms with Crippen molar-refractivity contribution in [2.45, 2.75) is 46.5 Å². The topological polar surface area (TPSA) is 72.2 Å². The number of amides is 2. The minimum atomic E-state index is -0.316. The molecule has 4 rings (SSSR count). The van der Waals surface area contributed by atoms with Crippen molar-refractivity contribution in [1.29, 1.82) is 0 Å². The van der Waals surface area contributed by atoms with Gasteiger partial charge in [-0.15, -0.1) is 0 Å². The second-order valence-corrected chi connectivity index (χ2v) is 8.51. The van der Waals surface area contributed by atoms with Crippen molar-refractivity contribution in [3.8, 4) is 5.75 Å². The van der Waals surface area contributed by atoms with Crippen LogP contribution in [-0.2, 0) is 22.4 Å². The number of aryl methyl sites for hydroxylation is 3. The number of carbonyl (C=O) groups is 2. The third-order valence-electron chi connectivity index (χ3n) is 6.51. The zero-order chi connectivity index (χ0) is 22.8. The molecular weight excluding hydrogens is 408 g/mol. The fourth-order valence-electron chi connectivity index (χ4n) is 4.77. The van der Waals surface area contributed by atoms with Crippen LogP contribution in [0.5, 0.6) is 5.75 Å². The highest BCUT2D eigenvalue weighted by Crippen LogP contribution is 2.41. The Morgan fingerprint density at radius 2 is 1.81 bits per heavy atom. The lowest BCUT2D eigenvalue weighted by atomic mass is 9.93. The zero-order valence-corrected chi connectivity index (χ0v) is 19.5. The van der Waals surface area contributed by atoms with Gasteiger partial charge in [-0.2, -0.15) is 0 Å². The van der Waals surface area contributed by atoms with Gasteiger partial charge < -0.3 is 23.7 Å². The number of allylic oxidation sites excluding steroid dienone is 1. The molecule has 0 bridgehead atoms. The lowest BCUT2D eigenvalue weighted by Crippen LogP contribution is -2.50. The van der Waals surface area contributed by atoms with Crippen LogP contribution in [0.4, 0.5) is 4.79 Å². The first-order valence-corrected chi connectivity index (χ1v) is 11.5. The van der Waals surface area contributed by atoms with Crippen LogP contribution in [0.1, 0.15) is 49.1 Å². The molecule has 7 heteroatoms. The standard InChI is InChI=1S/C25H32N2O5/c1-5-31-25(29)27-12-10-26(11-13-27)22(28)14-16(2)19-15-20-18-8-6-7-9-21(18)32-24(20)17(3)23(19)30-4/h14-15H,5-13H2,1-4H3/b16-14+. The number of benzene rings is 1. The summed E-state index contributed by atoms with van der Waals surface area (Å²) in [6.07, 6.45) is 5.70. The van der Waals surface area contributed by atoms with Gasteiger partial charge in [-0.3, -0.25) is 4.79 Å². The summed E-state index contributed by atoms with van der Waals surface area (Å²) in [4.78, 5) is 28.3. The quantitative estimate of drug-likeness (QED) is 0.662. The molecular formula is C25H32N2O5. The summed E-state index contributed by atoms with van der Waals surface area (Å²) in [6.45, 7) is 8.05. The summed E-state index contributed by atoms with van der Waals surface area (Å²) in [6, 6.07) is 2.12. The largest absolute Gasteiger partial charge is 0.496 e. The normalized spacial score (nSPS) is 16.8. The number of methoxy groups -OCH3 is 1. The number of hydrogen-bond donors (Lipinski definition) is 0. The van der Waals surface area contributed by atoms with Gasteiger partial charge in [-0.25, -0.2) is 4.79 Å². The number of piperazine rings is 1. The predicted octanol–water partition coefficient (Wildman–Crippen LogP) is 4.33. The van der Waals surface area contributed by atoms with Crippen molar-refractivity contribution in [2.24, 2.45) is 0 Å². The van der Waals surface area contributed by atoms with E-state index in [2.05, 4.69) is 6.07 Å². The molecule has 2 heterocycles. The number of nitrogens with zero attached hydrogens (tertiary/aromatic N) is 2. The molecule has 0 atom stereocenters. The third-order valence-corrected chi connectivity index (χ3v) is 6.51. The van der Waals surface area contributed by atoms with Crippen molar-refractivity contribution in [2.75, 3.05) is 39.9 Å². The molecule has 1 fully saturated rings. The summed E-state index contributed by atoms with van der Waals surface area (Å²) < 4.78 is 17.0. The van der Waals surface area contributed by atoms with Gasteiger partial charge in [0.2, 0.25) is 5.91 Å². The molecule has 1 aliphatic heterocycles. The van der Waals surface area contributed by atoms with Crippen LogP contribution in [0, 0.1) is 6.92 Å². The Balaban J connectivity index is 1.58. The molecule has 0 saturated carbocycles. The van der Waals surface area contributed by atoms with E-state index in [9.17, 15) is 9.59 Å². The highest BCUT2D eigenvalue weighted by Gasteiger charge is 2.26. The SMILES string of the molecule is CCOC(=O)N1CCN(C(=O)/C=C(\C)c2cc3c4c(oc3c(C)c2OC)CCCC4)CC1. The highest BCUT2D eigenvalue weighted by atomic mass is 16.6. The number of furan rings is 1. The molecule has 0 spiro atoms. The van der Waals surface area contributed by atoms with Crippen molar-refractivity contribution >= 4 is 28.5 Å². The first-order valence-electron chi connectivity index (χ1n) is 11.5. The summed E-state index contributed by atoms with van der Waals surface area (Å²) in [5.74, 6) is 1.78. The third kappa shape index (κ3) is 4.08. The molecule has 32 heavy (non-hydrogen) atoms. The van der Waals surface area contributed by atoms with Gasteiger partial charge in [0.15, 0.2) is 0 Å². The minimum absolute atomic E-state index is 0.0555. The number of hydrogen-bond acceptors (Lipinski definition) is 5. The van der Waals surface area contributed by atoms with E-state index in [1.54, 1.807) is 29.9 Å². The molecule has 0 unspecified atom stereocenters. The Morgan fingerprint density at radius 1 is 1.12 bits per heavy atom. The van der Waals surface area contributed by atoms with Crippen LogP contribution in [-0.4, -0.2) is 61.7 Å². The first kappa shape index (κ1) is 22.2. The molecule has 2 amide bonds. The molecule has 1 aromatic carbocycles. The van der Waals surface area contributed by atoms with Gasteiger partial charge >= 0.3 is 6.09 Å². The maximum Gasteiger partial charge on any atom is 0.409 e. The summed E-state index contributed by atoms with van der Waals surface area (Å²) >= 11 is 0. The average molecular weight is 441 g/mol. The Bertz CT molecular complexity index is 1060. The van der Waals surface area contributed by atoms with Crippen molar-refractivity contribution < 1.29 is 23.5 Å². The second kappa shape index (κ2) is 9.27. The summed E-state index contributed by atoms with van der Waals surface area (Å²) in [5.41, 5.74) is 4.94. The van der Waals surface area contributed by atoms with Gasteiger partial charge in [-0.05, 0) is 51.7 Å². The maximum atomic E-state index is 13.0. The maximum absolute atomic E-state index is 13.0. The van der Waals surface area contributed by atoms with E-state index < -0.39 is 0 Å². The van der Waals surface area contributed by atoms with Crippen molar-refractivity contribution in [3.63, 3.8) is 0 Å². The average Bonchev–Trinajstić information content (AvgIpc) is 3.18. The summed E-state index contributed by atoms with van der Waals surface area (Å²) in [5, 5.41) is 1.14. The van der Waals surface area contributed by atoms with Gasteiger partial charge in [-0.1, -0.05) is 0 Å². The van der Waals surface area contributed by atoms with Gasteiger partial charge in [0.25, 0.3) is 0 Å². The molecule has 0 N–H and O–H groups in total. The molecule has 2 aromatic rings. The van der Waals surface area contributed by atoms with Crippen LogP contribution in [0.2, 0.25) is 0 Å². The number of carbonyl (C=O) groups excluding carboxylic acids is 2. The summed E-state index contributed by atoms with van der Waals surface area (Å²) in [7, 11) is 1.66. The van der Waals surface area contributed by atoms with Crippen LogP contribution in [0.3, 0.4) is 0 Å². The fourth-order valence-corrected chi connectivity index (χ4v) is 4.77. The van der Waals surface area contributed by atoms with E-state index in [1.165, 1.54) is 12.0 Å². The number of rotatable bonds is 4. The van der Waals surface area contributed by atoms with E-state index in [1.807, 2.05) is 13.8 Å². The second-order valence-electron chi connectivity index (χ2n) is 8.51. The van der Waals surface area contributed by atoms with Gasteiger partial charge in [0.1, 0.15) is 17.1 Å². The van der Waals surface area contributed by atoms with Crippen molar-refractivity contribution in [1.82, 2.24) is 9.80 Å². The Kier molecular flexibility index (Phi) is 6.44. The first-order chi connectivity index (χ1) is 15.4. The van der Waals surface area contributed by atoms with E-state index in [-0.39, 0.29) is 12.0 Å². The molecule has 0 radical (unpaired) electrons.